The molecule has 2 fully saturated rings. The fourth-order valence-electron chi connectivity index (χ4n) is 3.71. The third-order valence-electron chi connectivity index (χ3n) is 5.32. The summed E-state index contributed by atoms with van der Waals surface area (Å²) in [5, 5.41) is 0. The van der Waals surface area contributed by atoms with E-state index in [1.165, 1.54) is 25.7 Å². The van der Waals surface area contributed by atoms with Crippen LogP contribution in [0.15, 0.2) is 11.9 Å². The van der Waals surface area contributed by atoms with Crippen LogP contribution in [0.4, 0.5) is 4.39 Å². The third kappa shape index (κ3) is 5.01. The van der Waals surface area contributed by atoms with Gasteiger partial charge in [-0.25, -0.2) is 4.39 Å². The zero-order valence-electron chi connectivity index (χ0n) is 14.8. The quantitative estimate of drug-likeness (QED) is 0.678. The predicted octanol–water partition coefficient (Wildman–Crippen LogP) is 4.20. The molecule has 2 saturated heterocycles. The summed E-state index contributed by atoms with van der Waals surface area (Å²) in [5.41, 5.74) is 0. The summed E-state index contributed by atoms with van der Waals surface area (Å²) in [4.78, 5) is 0. The van der Waals surface area contributed by atoms with E-state index in [1.807, 2.05) is 0 Å². The van der Waals surface area contributed by atoms with Crippen molar-refractivity contribution in [3.8, 4) is 0 Å². The van der Waals surface area contributed by atoms with Gasteiger partial charge in [0.25, 0.3) is 0 Å². The van der Waals surface area contributed by atoms with Gasteiger partial charge in [0, 0.05) is 11.8 Å². The Balaban J connectivity index is 1.35. The van der Waals surface area contributed by atoms with E-state index in [1.54, 1.807) is 6.08 Å². The first-order valence-electron chi connectivity index (χ1n) is 9.57. The highest BCUT2D eigenvalue weighted by molar-refractivity contribution is 4.98. The van der Waals surface area contributed by atoms with E-state index < -0.39 is 0 Å². The van der Waals surface area contributed by atoms with Gasteiger partial charge in [-0.1, -0.05) is 32.3 Å². The minimum absolute atomic E-state index is 0.00238. The van der Waals surface area contributed by atoms with Gasteiger partial charge in [0.05, 0.1) is 38.2 Å². The number of halogens is 1. The van der Waals surface area contributed by atoms with Crippen LogP contribution in [0.25, 0.3) is 0 Å². The highest BCUT2D eigenvalue weighted by Gasteiger charge is 2.36. The molecule has 3 rings (SSSR count). The van der Waals surface area contributed by atoms with Crippen LogP contribution in [0.5, 0.6) is 0 Å². The molecule has 138 valence electrons. The van der Waals surface area contributed by atoms with Crippen LogP contribution in [0.2, 0.25) is 0 Å². The van der Waals surface area contributed by atoms with Crippen molar-refractivity contribution in [3.05, 3.63) is 11.9 Å². The van der Waals surface area contributed by atoms with Crippen LogP contribution >= 0.6 is 0 Å². The van der Waals surface area contributed by atoms with Gasteiger partial charge in [0.2, 0.25) is 0 Å². The lowest BCUT2D eigenvalue weighted by molar-refractivity contribution is -0.290. The first-order valence-corrected chi connectivity index (χ1v) is 9.57. The smallest absolute Gasteiger partial charge is 0.164 e. The van der Waals surface area contributed by atoms with Crippen LogP contribution in [-0.2, 0) is 18.9 Å². The number of unbranched alkanes of at least 4 members (excludes halogenated alkanes) is 2. The molecule has 4 nitrogen and oxygen atoms in total. The Hall–Kier alpha value is -0.490. The van der Waals surface area contributed by atoms with E-state index in [2.05, 4.69) is 6.92 Å². The van der Waals surface area contributed by atoms with Crippen LogP contribution in [0, 0.1) is 17.8 Å². The Labute approximate surface area is 144 Å². The summed E-state index contributed by atoms with van der Waals surface area (Å²) >= 11 is 0. The molecule has 0 amide bonds. The van der Waals surface area contributed by atoms with Crippen molar-refractivity contribution in [1.29, 1.82) is 0 Å². The van der Waals surface area contributed by atoms with E-state index in [-0.39, 0.29) is 30.2 Å². The van der Waals surface area contributed by atoms with E-state index >= 15 is 0 Å². The van der Waals surface area contributed by atoms with Crippen molar-refractivity contribution in [2.24, 2.45) is 17.8 Å². The van der Waals surface area contributed by atoms with Crippen molar-refractivity contribution >= 4 is 0 Å². The fourth-order valence-corrected chi connectivity index (χ4v) is 3.71. The summed E-state index contributed by atoms with van der Waals surface area (Å²) in [6.45, 7) is 4.97. The van der Waals surface area contributed by atoms with E-state index in [4.69, 9.17) is 18.9 Å². The van der Waals surface area contributed by atoms with Gasteiger partial charge < -0.3 is 18.9 Å². The lowest BCUT2D eigenvalue weighted by atomic mass is 9.92. The molecule has 0 radical (unpaired) electrons. The van der Waals surface area contributed by atoms with Gasteiger partial charge in [0.1, 0.15) is 0 Å². The van der Waals surface area contributed by atoms with Crippen molar-refractivity contribution < 1.29 is 23.3 Å². The van der Waals surface area contributed by atoms with E-state index in [9.17, 15) is 4.39 Å². The second-order valence-electron chi connectivity index (χ2n) is 7.38. The molecule has 5 heteroatoms. The SMILES string of the molecule is CCCCCC1COC(C2COC(C3CC=C(F)CC3)OC2)OC1. The lowest BCUT2D eigenvalue weighted by Gasteiger charge is -2.39. The van der Waals surface area contributed by atoms with Gasteiger partial charge in [-0.3, -0.25) is 0 Å². The maximum atomic E-state index is 13.1. The topological polar surface area (TPSA) is 36.9 Å². The molecule has 2 aliphatic heterocycles. The standard InChI is InChI=1S/C19H31FO4/c1-2-3-4-5-14-10-21-19(22-11-14)16-12-23-18(24-13-16)15-6-8-17(20)9-7-15/h8,14-16,18-19H,2-7,9-13H2,1H3. The number of hydrogen-bond donors (Lipinski definition) is 0. The van der Waals surface area contributed by atoms with Gasteiger partial charge in [-0.05, 0) is 25.7 Å². The molecule has 0 spiro atoms. The van der Waals surface area contributed by atoms with Gasteiger partial charge in [-0.15, -0.1) is 0 Å². The third-order valence-corrected chi connectivity index (χ3v) is 5.32. The maximum absolute atomic E-state index is 13.1. The van der Waals surface area contributed by atoms with Crippen molar-refractivity contribution in [1.82, 2.24) is 0 Å². The Bertz CT molecular complexity index is 398. The molecular weight excluding hydrogens is 311 g/mol. The van der Waals surface area contributed by atoms with Crippen LogP contribution in [-0.4, -0.2) is 39.0 Å². The average Bonchev–Trinajstić information content (AvgIpc) is 2.63. The summed E-state index contributed by atoms with van der Waals surface area (Å²) < 4.78 is 36.7. The van der Waals surface area contributed by atoms with Crippen molar-refractivity contribution in [2.75, 3.05) is 26.4 Å². The van der Waals surface area contributed by atoms with E-state index in [0.717, 1.165) is 19.6 Å². The molecule has 0 saturated carbocycles. The molecule has 0 aromatic carbocycles. The fraction of sp³-hybridized carbons (Fsp3) is 0.895. The molecule has 2 heterocycles. The van der Waals surface area contributed by atoms with Crippen LogP contribution < -0.4 is 0 Å². The largest absolute Gasteiger partial charge is 0.352 e. The van der Waals surface area contributed by atoms with Gasteiger partial charge in [0.15, 0.2) is 12.6 Å². The second-order valence-corrected chi connectivity index (χ2v) is 7.38. The minimum atomic E-state index is -0.212. The van der Waals surface area contributed by atoms with Crippen molar-refractivity contribution in [2.45, 2.75) is 64.4 Å². The zero-order chi connectivity index (χ0) is 16.8. The Morgan fingerprint density at radius 3 is 2.25 bits per heavy atom. The summed E-state index contributed by atoms with van der Waals surface area (Å²) in [7, 11) is 0. The minimum Gasteiger partial charge on any atom is -0.352 e. The monoisotopic (exact) mass is 342 g/mol. The Morgan fingerprint density at radius 1 is 0.958 bits per heavy atom. The maximum Gasteiger partial charge on any atom is 0.164 e. The molecule has 1 unspecified atom stereocenters. The zero-order valence-corrected chi connectivity index (χ0v) is 14.8. The Morgan fingerprint density at radius 2 is 1.62 bits per heavy atom. The number of ether oxygens (including phenoxy) is 4. The van der Waals surface area contributed by atoms with Gasteiger partial charge >= 0.3 is 0 Å². The molecular formula is C19H31FO4. The number of rotatable bonds is 6. The lowest BCUT2D eigenvalue weighted by Crippen LogP contribution is -2.46. The Kier molecular flexibility index (Phi) is 7.07. The highest BCUT2D eigenvalue weighted by atomic mass is 19.1. The molecule has 3 aliphatic rings. The molecule has 1 aliphatic carbocycles. The summed E-state index contributed by atoms with van der Waals surface area (Å²) in [6, 6.07) is 0. The molecule has 0 N–H and O–H groups in total. The van der Waals surface area contributed by atoms with Crippen LogP contribution in [0.3, 0.4) is 0 Å². The first kappa shape index (κ1) is 18.3. The molecule has 1 atom stereocenters. The van der Waals surface area contributed by atoms with Crippen molar-refractivity contribution in [3.63, 3.8) is 0 Å². The molecule has 24 heavy (non-hydrogen) atoms. The average molecular weight is 342 g/mol. The predicted molar refractivity (Wildman–Crippen MR) is 89.0 cm³/mol. The molecule has 0 bridgehead atoms. The first-order chi connectivity index (χ1) is 11.8. The van der Waals surface area contributed by atoms with Crippen LogP contribution in [0.1, 0.15) is 51.9 Å². The molecule has 0 aromatic heterocycles. The summed E-state index contributed by atoms with van der Waals surface area (Å²) in [6.07, 6.45) is 8.23. The van der Waals surface area contributed by atoms with E-state index in [0.29, 0.717) is 32.0 Å². The highest BCUT2D eigenvalue weighted by Crippen LogP contribution is 2.32. The number of allylic oxidation sites excluding steroid dienone is 2. The molecule has 0 aromatic rings. The number of hydrogen-bond acceptors (Lipinski definition) is 4. The van der Waals surface area contributed by atoms with Gasteiger partial charge in [-0.2, -0.15) is 0 Å². The summed E-state index contributed by atoms with van der Waals surface area (Å²) in [5.74, 6) is 0.919. The second kappa shape index (κ2) is 9.27. The normalized spacial score (nSPS) is 37.9.